The molecule has 200 valence electrons. The van der Waals surface area contributed by atoms with Gasteiger partial charge in [-0.1, -0.05) is 36.9 Å². The standard InChI is InChI=1S/C16H10ClN3O5.C11H19NO/c17-8-4-5-11(18-6-8)20-15(22)14-13(19-7-21)12-9(16(23)24)2-1-3-10(12)25-14;13-11-8-4-5-9-12(11)10-6-2-1-3-7-10/h1-7H,(H,19,21)(H,23,24)(H,18,20,22);10H,1-9H2. The lowest BCUT2D eigenvalue weighted by molar-refractivity contribution is -0.136. The van der Waals surface area contributed by atoms with E-state index in [4.69, 9.17) is 16.0 Å². The molecule has 11 heteroatoms. The number of carboxylic acid groups (broad SMARTS) is 1. The number of nitrogens with one attached hydrogen (secondary N) is 2. The van der Waals surface area contributed by atoms with E-state index in [1.807, 2.05) is 0 Å². The van der Waals surface area contributed by atoms with E-state index >= 15 is 0 Å². The molecule has 1 aromatic carbocycles. The average Bonchev–Trinajstić information content (AvgIpc) is 3.30. The lowest BCUT2D eigenvalue weighted by atomic mass is 9.92. The minimum Gasteiger partial charge on any atom is -0.478 e. The number of benzene rings is 1. The number of rotatable bonds is 6. The number of hydrogen-bond acceptors (Lipinski definition) is 6. The van der Waals surface area contributed by atoms with Crippen molar-refractivity contribution >= 4 is 58.3 Å². The predicted molar refractivity (Wildman–Crippen MR) is 142 cm³/mol. The fraction of sp³-hybridized carbons (Fsp3) is 0.370. The number of likely N-dealkylation sites (tertiary alicyclic amines) is 1. The van der Waals surface area contributed by atoms with E-state index in [-0.39, 0.29) is 33.8 Å². The van der Waals surface area contributed by atoms with Gasteiger partial charge in [0.1, 0.15) is 17.1 Å². The van der Waals surface area contributed by atoms with Gasteiger partial charge in [-0.05, 0) is 49.9 Å². The summed E-state index contributed by atoms with van der Waals surface area (Å²) >= 11 is 5.73. The number of carboxylic acids is 1. The summed E-state index contributed by atoms with van der Waals surface area (Å²) in [5.41, 5.74) is 0.0159. The van der Waals surface area contributed by atoms with Gasteiger partial charge in [0.15, 0.2) is 0 Å². The monoisotopic (exact) mass is 540 g/mol. The third kappa shape index (κ3) is 6.31. The Morgan fingerprint density at radius 1 is 1.11 bits per heavy atom. The number of carbonyl (C=O) groups excluding carboxylic acids is 3. The maximum atomic E-state index is 12.5. The van der Waals surface area contributed by atoms with Crippen LogP contribution in [0.5, 0.6) is 0 Å². The van der Waals surface area contributed by atoms with Gasteiger partial charge < -0.3 is 25.1 Å². The van der Waals surface area contributed by atoms with E-state index in [1.165, 1.54) is 75.1 Å². The normalized spacial score (nSPS) is 15.9. The van der Waals surface area contributed by atoms with E-state index in [2.05, 4.69) is 20.5 Å². The summed E-state index contributed by atoms with van der Waals surface area (Å²) in [6.45, 7) is 1.03. The van der Waals surface area contributed by atoms with Crippen molar-refractivity contribution in [3.05, 3.63) is 52.9 Å². The van der Waals surface area contributed by atoms with Gasteiger partial charge in [-0.2, -0.15) is 0 Å². The number of hydrogen-bond donors (Lipinski definition) is 3. The van der Waals surface area contributed by atoms with Gasteiger partial charge in [0.2, 0.25) is 18.1 Å². The van der Waals surface area contributed by atoms with Crippen LogP contribution in [0.25, 0.3) is 11.0 Å². The molecule has 5 rings (SSSR count). The Kier molecular flexibility index (Phi) is 8.96. The molecule has 3 amide bonds. The molecule has 2 fully saturated rings. The van der Waals surface area contributed by atoms with Gasteiger partial charge in [-0.3, -0.25) is 14.4 Å². The first-order chi connectivity index (χ1) is 18.4. The number of carbonyl (C=O) groups is 4. The number of halogens is 1. The van der Waals surface area contributed by atoms with Gasteiger partial charge in [0.25, 0.3) is 5.91 Å². The molecule has 0 radical (unpaired) electrons. The van der Waals surface area contributed by atoms with Crippen LogP contribution in [0.2, 0.25) is 5.02 Å². The minimum absolute atomic E-state index is 0.0329. The second-order valence-corrected chi connectivity index (χ2v) is 9.64. The van der Waals surface area contributed by atoms with E-state index in [0.717, 1.165) is 19.4 Å². The largest absolute Gasteiger partial charge is 0.478 e. The average molecular weight is 541 g/mol. The van der Waals surface area contributed by atoms with Crippen LogP contribution in [-0.4, -0.2) is 51.8 Å². The van der Waals surface area contributed by atoms with Gasteiger partial charge in [-0.25, -0.2) is 9.78 Å². The molecule has 0 unspecified atom stereocenters. The summed E-state index contributed by atoms with van der Waals surface area (Å²) < 4.78 is 5.45. The molecule has 3 aromatic rings. The number of anilines is 2. The zero-order valence-corrected chi connectivity index (χ0v) is 21.5. The predicted octanol–water partition coefficient (Wildman–Crippen LogP) is 5.33. The number of fused-ring (bicyclic) bond motifs is 1. The van der Waals surface area contributed by atoms with Crippen molar-refractivity contribution in [2.45, 2.75) is 57.4 Å². The van der Waals surface area contributed by atoms with Crippen LogP contribution >= 0.6 is 11.6 Å². The molecular formula is C27H29ClN4O6. The molecule has 38 heavy (non-hydrogen) atoms. The Morgan fingerprint density at radius 3 is 2.55 bits per heavy atom. The minimum atomic E-state index is -1.22. The van der Waals surface area contributed by atoms with Crippen molar-refractivity contribution in [3.8, 4) is 0 Å². The first kappa shape index (κ1) is 27.1. The van der Waals surface area contributed by atoms with Crippen molar-refractivity contribution in [2.75, 3.05) is 17.2 Å². The van der Waals surface area contributed by atoms with Crippen molar-refractivity contribution in [2.24, 2.45) is 0 Å². The number of piperidine rings is 1. The van der Waals surface area contributed by atoms with Crippen LogP contribution in [-0.2, 0) is 9.59 Å². The number of aromatic carboxylic acids is 1. The first-order valence-electron chi connectivity index (χ1n) is 12.6. The summed E-state index contributed by atoms with van der Waals surface area (Å²) in [6, 6.07) is 7.94. The number of amides is 3. The van der Waals surface area contributed by atoms with Crippen LogP contribution < -0.4 is 10.6 Å². The number of nitrogens with zero attached hydrogens (tertiary/aromatic N) is 2. The smallest absolute Gasteiger partial charge is 0.336 e. The lowest BCUT2D eigenvalue weighted by Crippen LogP contribution is -2.44. The fourth-order valence-electron chi connectivity index (χ4n) is 4.91. The molecule has 1 aliphatic heterocycles. The number of pyridine rings is 1. The molecule has 1 saturated carbocycles. The summed E-state index contributed by atoms with van der Waals surface area (Å²) in [5.74, 6) is -1.53. The Labute approximate surface area is 224 Å². The third-order valence-electron chi connectivity index (χ3n) is 6.70. The Bertz CT molecular complexity index is 1320. The molecule has 2 aromatic heterocycles. The highest BCUT2D eigenvalue weighted by Crippen LogP contribution is 2.34. The zero-order valence-electron chi connectivity index (χ0n) is 20.7. The van der Waals surface area contributed by atoms with Gasteiger partial charge in [0, 0.05) is 25.2 Å². The Hall–Kier alpha value is -3.92. The van der Waals surface area contributed by atoms with Crippen molar-refractivity contribution in [1.82, 2.24) is 9.88 Å². The molecule has 0 atom stereocenters. The van der Waals surface area contributed by atoms with Gasteiger partial charge in [-0.15, -0.1) is 0 Å². The second-order valence-electron chi connectivity index (χ2n) is 9.20. The van der Waals surface area contributed by atoms with Crippen molar-refractivity contribution in [3.63, 3.8) is 0 Å². The summed E-state index contributed by atoms with van der Waals surface area (Å²) in [5, 5.41) is 14.6. The van der Waals surface area contributed by atoms with E-state index < -0.39 is 11.9 Å². The van der Waals surface area contributed by atoms with Crippen LogP contribution in [0.1, 0.15) is 72.3 Å². The zero-order chi connectivity index (χ0) is 27.1. The molecule has 3 N–H and O–H groups in total. The van der Waals surface area contributed by atoms with Crippen LogP contribution in [0.4, 0.5) is 11.5 Å². The Balaban J connectivity index is 0.000000216. The molecule has 1 aliphatic carbocycles. The van der Waals surface area contributed by atoms with Crippen molar-refractivity contribution < 1.29 is 28.7 Å². The van der Waals surface area contributed by atoms with Gasteiger partial charge in [0.05, 0.1) is 16.0 Å². The molecule has 1 saturated heterocycles. The molecule has 10 nitrogen and oxygen atoms in total. The van der Waals surface area contributed by atoms with Gasteiger partial charge >= 0.3 is 5.97 Å². The van der Waals surface area contributed by atoms with Crippen LogP contribution in [0.3, 0.4) is 0 Å². The summed E-state index contributed by atoms with van der Waals surface area (Å²) in [7, 11) is 0. The second kappa shape index (κ2) is 12.6. The van der Waals surface area contributed by atoms with Crippen LogP contribution in [0.15, 0.2) is 40.9 Å². The van der Waals surface area contributed by atoms with Crippen LogP contribution in [0, 0.1) is 0 Å². The van der Waals surface area contributed by atoms with E-state index in [9.17, 15) is 24.3 Å². The molecule has 0 spiro atoms. The highest BCUT2D eigenvalue weighted by molar-refractivity contribution is 6.30. The highest BCUT2D eigenvalue weighted by Gasteiger charge is 2.27. The fourth-order valence-corrected chi connectivity index (χ4v) is 5.02. The molecule has 2 aliphatic rings. The molecule has 3 heterocycles. The maximum Gasteiger partial charge on any atom is 0.336 e. The van der Waals surface area contributed by atoms with E-state index in [1.54, 1.807) is 0 Å². The lowest BCUT2D eigenvalue weighted by Gasteiger charge is -2.36. The summed E-state index contributed by atoms with van der Waals surface area (Å²) in [4.78, 5) is 52.5. The first-order valence-corrected chi connectivity index (χ1v) is 13.0. The highest BCUT2D eigenvalue weighted by atomic mass is 35.5. The van der Waals surface area contributed by atoms with E-state index in [0.29, 0.717) is 23.4 Å². The quantitative estimate of drug-likeness (QED) is 0.358. The number of aromatic nitrogens is 1. The topological polar surface area (TPSA) is 142 Å². The van der Waals surface area contributed by atoms with Crippen molar-refractivity contribution in [1.29, 1.82) is 0 Å². The summed E-state index contributed by atoms with van der Waals surface area (Å²) in [6.07, 6.45) is 11.4. The molecule has 0 bridgehead atoms. The Morgan fingerprint density at radius 2 is 1.89 bits per heavy atom. The molecular weight excluding hydrogens is 512 g/mol. The number of furan rings is 1. The SMILES string of the molecule is O=C1CCCCN1C1CCCCC1.O=CNc1c(C(=O)Nc2ccc(Cl)cn2)oc2cccc(C(=O)O)c12. The maximum absolute atomic E-state index is 12.5. The third-order valence-corrected chi connectivity index (χ3v) is 6.92.